The number of aromatic nitrogens is 6. The van der Waals surface area contributed by atoms with Crippen LogP contribution in [0.25, 0.3) is 33.4 Å². The largest absolute Gasteiger partial charge is 0.481 e. The SMILES string of the molecule is O.O=C(O)C1CC(C(=O)O)CC(C(=O)O)C1.O=C(O)C1CC(C(=O)O)CC(C(=O)O)C1.c1cc(-c2ccncc2)ccn1.c1cc(-c2ccncc2)ccn1.c1cc(-c2ccncc2)ccn1. The molecule has 2 fully saturated rings. The van der Waals surface area contributed by atoms with Gasteiger partial charge in [-0.1, -0.05) is 0 Å². The second-order valence-corrected chi connectivity index (χ2v) is 15.0. The van der Waals surface area contributed by atoms with E-state index in [1.807, 2.05) is 72.8 Å². The highest BCUT2D eigenvalue weighted by molar-refractivity contribution is 5.79. The van der Waals surface area contributed by atoms with Crippen LogP contribution in [0.15, 0.2) is 147 Å². The fourth-order valence-corrected chi connectivity index (χ4v) is 7.11. The topological polar surface area (TPSA) is 333 Å². The molecule has 6 aromatic heterocycles. The average molecular weight is 919 g/mol. The molecule has 2 aliphatic rings. The summed E-state index contributed by atoms with van der Waals surface area (Å²) in [5, 5.41) is 52.5. The molecular formula is C48H50N6O13. The summed E-state index contributed by atoms with van der Waals surface area (Å²) in [6.07, 6.45) is 21.6. The van der Waals surface area contributed by atoms with Crippen LogP contribution in [0.4, 0.5) is 0 Å². The van der Waals surface area contributed by atoms with Gasteiger partial charge in [0.25, 0.3) is 0 Å². The van der Waals surface area contributed by atoms with Crippen molar-refractivity contribution in [3.8, 4) is 33.4 Å². The van der Waals surface area contributed by atoms with E-state index in [1.54, 1.807) is 74.4 Å². The minimum Gasteiger partial charge on any atom is -0.481 e. The molecule has 0 atom stereocenters. The average Bonchev–Trinajstić information content (AvgIpc) is 3.36. The third-order valence-electron chi connectivity index (χ3n) is 10.6. The van der Waals surface area contributed by atoms with Crippen LogP contribution >= 0.6 is 0 Å². The molecule has 19 heteroatoms. The maximum atomic E-state index is 10.7. The van der Waals surface area contributed by atoms with Crippen LogP contribution < -0.4 is 0 Å². The number of hydrogen-bond donors (Lipinski definition) is 6. The fourth-order valence-electron chi connectivity index (χ4n) is 7.11. The standard InChI is InChI=1S/3C10H8N2.2C9H12O6.H2O/c3*1-5-11-6-2-9(1)10-3-7-12-8-4-10;2*10-7(11)4-1-5(8(12)13)3-6(2-4)9(14)15;/h3*1-8H;2*4-6H,1-3H2,(H,10,11)(H,12,13)(H,14,15);1H2. The summed E-state index contributed by atoms with van der Waals surface area (Å²) >= 11 is 0. The molecule has 0 aliphatic heterocycles. The van der Waals surface area contributed by atoms with Crippen molar-refractivity contribution in [2.45, 2.75) is 38.5 Å². The Bertz CT molecular complexity index is 1980. The van der Waals surface area contributed by atoms with E-state index in [9.17, 15) is 28.8 Å². The molecule has 0 aromatic carbocycles. The highest BCUT2D eigenvalue weighted by atomic mass is 16.4. The van der Waals surface area contributed by atoms with Gasteiger partial charge in [-0.3, -0.25) is 58.7 Å². The Morgan fingerprint density at radius 2 is 0.373 bits per heavy atom. The third-order valence-corrected chi connectivity index (χ3v) is 10.6. The zero-order valence-corrected chi connectivity index (χ0v) is 35.9. The number of carboxylic acids is 6. The molecule has 0 unspecified atom stereocenters. The van der Waals surface area contributed by atoms with Crippen LogP contribution in [0, 0.1) is 35.5 Å². The smallest absolute Gasteiger partial charge is 0.306 e. The molecule has 8 N–H and O–H groups in total. The Balaban J connectivity index is 0.000000222. The molecule has 67 heavy (non-hydrogen) atoms. The summed E-state index contributed by atoms with van der Waals surface area (Å²) in [4.78, 5) is 88.0. The maximum Gasteiger partial charge on any atom is 0.306 e. The predicted molar refractivity (Wildman–Crippen MR) is 240 cm³/mol. The van der Waals surface area contributed by atoms with Gasteiger partial charge in [0.1, 0.15) is 0 Å². The Kier molecular flexibility index (Phi) is 22.0. The number of pyridine rings is 6. The zero-order valence-electron chi connectivity index (χ0n) is 35.9. The van der Waals surface area contributed by atoms with Gasteiger partial charge in [-0.15, -0.1) is 0 Å². The van der Waals surface area contributed by atoms with E-state index in [-0.39, 0.29) is 44.0 Å². The molecule has 0 bridgehead atoms. The summed E-state index contributed by atoms with van der Waals surface area (Å²) in [5.74, 6) is -11.9. The number of aliphatic carboxylic acids is 6. The molecule has 0 amide bonds. The monoisotopic (exact) mass is 918 g/mol. The molecule has 0 saturated heterocycles. The number of carbonyl (C=O) groups is 6. The zero-order chi connectivity index (χ0) is 47.8. The predicted octanol–water partition coefficient (Wildman–Crippen LogP) is 6.15. The summed E-state index contributed by atoms with van der Waals surface area (Å²) in [6.45, 7) is 0. The molecule has 6 heterocycles. The van der Waals surface area contributed by atoms with Crippen LogP contribution in [0.5, 0.6) is 0 Å². The first-order valence-electron chi connectivity index (χ1n) is 20.5. The van der Waals surface area contributed by atoms with Crippen molar-refractivity contribution in [2.24, 2.45) is 35.5 Å². The van der Waals surface area contributed by atoms with Crippen molar-refractivity contribution < 1.29 is 64.9 Å². The van der Waals surface area contributed by atoms with Gasteiger partial charge in [0.15, 0.2) is 0 Å². The summed E-state index contributed by atoms with van der Waals surface area (Å²) in [6, 6.07) is 23.8. The number of hydrogen-bond acceptors (Lipinski definition) is 12. The first-order valence-corrected chi connectivity index (χ1v) is 20.5. The number of nitrogens with zero attached hydrogens (tertiary/aromatic N) is 6. The van der Waals surface area contributed by atoms with E-state index < -0.39 is 71.3 Å². The van der Waals surface area contributed by atoms with Crippen LogP contribution in [0.3, 0.4) is 0 Å². The molecule has 2 aliphatic carbocycles. The third kappa shape index (κ3) is 18.0. The molecule has 350 valence electrons. The number of rotatable bonds is 9. The van der Waals surface area contributed by atoms with Crippen molar-refractivity contribution in [1.29, 1.82) is 0 Å². The lowest BCUT2D eigenvalue weighted by Crippen LogP contribution is -2.34. The van der Waals surface area contributed by atoms with Gasteiger partial charge >= 0.3 is 35.8 Å². The number of carboxylic acid groups (broad SMARTS) is 6. The molecule has 2 saturated carbocycles. The minimum atomic E-state index is -1.12. The Morgan fingerprint density at radius 3 is 0.463 bits per heavy atom. The van der Waals surface area contributed by atoms with Gasteiger partial charge < -0.3 is 36.1 Å². The molecular weight excluding hydrogens is 869 g/mol. The summed E-state index contributed by atoms with van der Waals surface area (Å²) in [5.41, 5.74) is 7.04. The van der Waals surface area contributed by atoms with Crippen molar-refractivity contribution in [1.82, 2.24) is 29.9 Å². The van der Waals surface area contributed by atoms with Gasteiger partial charge in [0.2, 0.25) is 0 Å². The van der Waals surface area contributed by atoms with Crippen LogP contribution in [-0.4, -0.2) is 102 Å². The van der Waals surface area contributed by atoms with Gasteiger partial charge in [0.05, 0.1) is 35.5 Å². The Morgan fingerprint density at radius 1 is 0.269 bits per heavy atom. The first kappa shape index (κ1) is 53.0. The Hall–Kier alpha value is -8.32. The van der Waals surface area contributed by atoms with Crippen LogP contribution in [0.1, 0.15) is 38.5 Å². The van der Waals surface area contributed by atoms with Gasteiger partial charge in [-0.2, -0.15) is 0 Å². The molecule has 8 rings (SSSR count). The van der Waals surface area contributed by atoms with E-state index in [4.69, 9.17) is 30.6 Å². The second-order valence-electron chi connectivity index (χ2n) is 15.0. The van der Waals surface area contributed by atoms with Gasteiger partial charge in [0, 0.05) is 74.4 Å². The molecule has 0 radical (unpaired) electrons. The quantitative estimate of drug-likeness (QED) is 0.0946. The first-order chi connectivity index (χ1) is 31.7. The summed E-state index contributed by atoms with van der Waals surface area (Å²) < 4.78 is 0. The van der Waals surface area contributed by atoms with Crippen molar-refractivity contribution in [2.75, 3.05) is 0 Å². The van der Waals surface area contributed by atoms with E-state index in [1.165, 1.54) is 33.4 Å². The lowest BCUT2D eigenvalue weighted by Gasteiger charge is -2.28. The van der Waals surface area contributed by atoms with Crippen molar-refractivity contribution >= 4 is 35.8 Å². The lowest BCUT2D eigenvalue weighted by atomic mass is 9.75. The van der Waals surface area contributed by atoms with Gasteiger partial charge in [-0.05, 0) is 145 Å². The lowest BCUT2D eigenvalue weighted by molar-refractivity contribution is -0.156. The molecule has 0 spiro atoms. The fraction of sp³-hybridized carbons (Fsp3) is 0.250. The van der Waals surface area contributed by atoms with Crippen LogP contribution in [-0.2, 0) is 28.8 Å². The van der Waals surface area contributed by atoms with E-state index in [2.05, 4.69) is 29.9 Å². The van der Waals surface area contributed by atoms with Crippen molar-refractivity contribution in [3.05, 3.63) is 147 Å². The highest BCUT2D eigenvalue weighted by Gasteiger charge is 2.40. The maximum absolute atomic E-state index is 10.7. The van der Waals surface area contributed by atoms with Crippen LogP contribution in [0.2, 0.25) is 0 Å². The summed E-state index contributed by atoms with van der Waals surface area (Å²) in [7, 11) is 0. The second kappa shape index (κ2) is 27.8. The molecule has 19 nitrogen and oxygen atoms in total. The minimum absolute atomic E-state index is 0. The highest BCUT2D eigenvalue weighted by Crippen LogP contribution is 2.35. The molecule has 6 aromatic rings. The van der Waals surface area contributed by atoms with E-state index in [0.29, 0.717) is 0 Å². The normalized spacial score (nSPS) is 19.0. The van der Waals surface area contributed by atoms with Crippen molar-refractivity contribution in [3.63, 3.8) is 0 Å². The van der Waals surface area contributed by atoms with E-state index in [0.717, 1.165) is 0 Å². The Labute approximate surface area is 384 Å². The van der Waals surface area contributed by atoms with Gasteiger partial charge in [-0.25, -0.2) is 0 Å². The van der Waals surface area contributed by atoms with E-state index >= 15 is 0 Å².